The molecule has 5 nitrogen and oxygen atoms in total. The zero-order chi connectivity index (χ0) is 14.5. The van der Waals surface area contributed by atoms with Gasteiger partial charge in [-0.3, -0.25) is 9.36 Å². The maximum atomic E-state index is 4.52. The molecular formula is C15H26ClN5. The average Bonchev–Trinajstić information content (AvgIpc) is 2.98. The highest BCUT2D eigenvalue weighted by atomic mass is 35.5. The predicted octanol–water partition coefficient (Wildman–Crippen LogP) is 2.86. The van der Waals surface area contributed by atoms with Gasteiger partial charge in [0.15, 0.2) is 0 Å². The SMILES string of the molecule is CCCn1cc(CNCc2cc(C(C)C)nn2C)cn1.Cl. The molecule has 1 N–H and O–H groups in total. The summed E-state index contributed by atoms with van der Waals surface area (Å²) in [6, 6.07) is 2.18. The van der Waals surface area contributed by atoms with E-state index in [4.69, 9.17) is 0 Å². The van der Waals surface area contributed by atoms with Crippen LogP contribution < -0.4 is 5.32 Å². The van der Waals surface area contributed by atoms with Gasteiger partial charge in [0.2, 0.25) is 0 Å². The molecule has 0 unspecified atom stereocenters. The van der Waals surface area contributed by atoms with Gasteiger partial charge in [0, 0.05) is 38.4 Å². The normalized spacial score (nSPS) is 10.9. The Hall–Kier alpha value is -1.33. The molecule has 0 fully saturated rings. The maximum absolute atomic E-state index is 4.52. The summed E-state index contributed by atoms with van der Waals surface area (Å²) in [6.45, 7) is 9.15. The summed E-state index contributed by atoms with van der Waals surface area (Å²) in [6.07, 6.45) is 5.16. The van der Waals surface area contributed by atoms with E-state index in [1.807, 2.05) is 22.6 Å². The van der Waals surface area contributed by atoms with Crippen molar-refractivity contribution in [2.45, 2.75) is 52.7 Å². The third-order valence-corrected chi connectivity index (χ3v) is 3.36. The largest absolute Gasteiger partial charge is 0.307 e. The van der Waals surface area contributed by atoms with Gasteiger partial charge in [0.1, 0.15) is 0 Å². The van der Waals surface area contributed by atoms with Crippen LogP contribution in [0, 0.1) is 0 Å². The first-order valence-electron chi connectivity index (χ1n) is 7.35. The number of hydrogen-bond donors (Lipinski definition) is 1. The van der Waals surface area contributed by atoms with Gasteiger partial charge in [-0.1, -0.05) is 20.8 Å². The van der Waals surface area contributed by atoms with Crippen molar-refractivity contribution in [2.75, 3.05) is 0 Å². The van der Waals surface area contributed by atoms with Crippen LogP contribution >= 0.6 is 12.4 Å². The minimum Gasteiger partial charge on any atom is -0.307 e. The lowest BCUT2D eigenvalue weighted by molar-refractivity contribution is 0.599. The van der Waals surface area contributed by atoms with E-state index < -0.39 is 0 Å². The van der Waals surface area contributed by atoms with Gasteiger partial charge in [-0.25, -0.2) is 0 Å². The monoisotopic (exact) mass is 311 g/mol. The molecule has 0 amide bonds. The molecule has 0 bridgehead atoms. The third kappa shape index (κ3) is 4.86. The summed E-state index contributed by atoms with van der Waals surface area (Å²) in [5.74, 6) is 0.474. The second-order valence-electron chi connectivity index (χ2n) is 5.55. The zero-order valence-corrected chi connectivity index (χ0v) is 14.2. The highest BCUT2D eigenvalue weighted by Crippen LogP contribution is 2.13. The van der Waals surface area contributed by atoms with E-state index in [-0.39, 0.29) is 12.4 Å². The fourth-order valence-electron chi connectivity index (χ4n) is 2.16. The Balaban J connectivity index is 0.00000220. The summed E-state index contributed by atoms with van der Waals surface area (Å²) in [5.41, 5.74) is 3.60. The first kappa shape index (κ1) is 17.7. The number of hydrogen-bond acceptors (Lipinski definition) is 3. The van der Waals surface area contributed by atoms with Crippen molar-refractivity contribution in [1.82, 2.24) is 24.9 Å². The molecule has 0 saturated heterocycles. The lowest BCUT2D eigenvalue weighted by Gasteiger charge is -2.03. The molecular weight excluding hydrogens is 286 g/mol. The van der Waals surface area contributed by atoms with Crippen molar-refractivity contribution < 1.29 is 0 Å². The fourth-order valence-corrected chi connectivity index (χ4v) is 2.16. The summed E-state index contributed by atoms with van der Waals surface area (Å²) in [7, 11) is 2.00. The molecule has 2 rings (SSSR count). The molecule has 0 aliphatic rings. The van der Waals surface area contributed by atoms with Crippen molar-refractivity contribution >= 4 is 12.4 Å². The topological polar surface area (TPSA) is 47.7 Å². The molecule has 2 aromatic heterocycles. The molecule has 6 heteroatoms. The quantitative estimate of drug-likeness (QED) is 0.855. The third-order valence-electron chi connectivity index (χ3n) is 3.36. The van der Waals surface area contributed by atoms with Gasteiger partial charge in [0.25, 0.3) is 0 Å². The Labute approximate surface area is 133 Å². The van der Waals surface area contributed by atoms with Crippen LogP contribution in [0.25, 0.3) is 0 Å². The number of rotatable bonds is 7. The van der Waals surface area contributed by atoms with Gasteiger partial charge in [-0.05, 0) is 18.4 Å². The standard InChI is InChI=1S/C15H25N5.ClH/c1-5-6-20-11-13(9-17-20)8-16-10-14-7-15(12(2)3)18-19(14)4;/h7,9,11-12,16H,5-6,8,10H2,1-4H3;1H. The maximum Gasteiger partial charge on any atom is 0.0653 e. The van der Waals surface area contributed by atoms with Gasteiger partial charge in [-0.2, -0.15) is 10.2 Å². The highest BCUT2D eigenvalue weighted by Gasteiger charge is 2.08. The Morgan fingerprint density at radius 1 is 1.29 bits per heavy atom. The van der Waals surface area contributed by atoms with E-state index in [2.05, 4.69) is 48.5 Å². The smallest absolute Gasteiger partial charge is 0.0653 e. The summed E-state index contributed by atoms with van der Waals surface area (Å²) in [5, 5.41) is 12.3. The molecule has 21 heavy (non-hydrogen) atoms. The molecule has 118 valence electrons. The van der Waals surface area contributed by atoms with Gasteiger partial charge in [-0.15, -0.1) is 12.4 Å². The van der Waals surface area contributed by atoms with E-state index in [1.54, 1.807) is 0 Å². The van der Waals surface area contributed by atoms with Crippen LogP contribution in [0.2, 0.25) is 0 Å². The van der Waals surface area contributed by atoms with Crippen molar-refractivity contribution in [3.8, 4) is 0 Å². The van der Waals surface area contributed by atoms with E-state index in [1.165, 1.54) is 11.3 Å². The van der Waals surface area contributed by atoms with Crippen molar-refractivity contribution in [3.05, 3.63) is 35.4 Å². The minimum atomic E-state index is 0. The molecule has 0 radical (unpaired) electrons. The first-order chi connectivity index (χ1) is 9.60. The highest BCUT2D eigenvalue weighted by molar-refractivity contribution is 5.85. The molecule has 0 aromatic carbocycles. The zero-order valence-electron chi connectivity index (χ0n) is 13.3. The minimum absolute atomic E-state index is 0. The van der Waals surface area contributed by atoms with Gasteiger partial charge < -0.3 is 5.32 Å². The molecule has 0 spiro atoms. The van der Waals surface area contributed by atoms with Crippen LogP contribution in [-0.2, 0) is 26.7 Å². The average molecular weight is 312 g/mol. The van der Waals surface area contributed by atoms with Crippen molar-refractivity contribution in [3.63, 3.8) is 0 Å². The van der Waals surface area contributed by atoms with Gasteiger partial charge in [0.05, 0.1) is 17.6 Å². The van der Waals surface area contributed by atoms with E-state index in [0.29, 0.717) is 5.92 Å². The Kier molecular flexibility index (Phi) is 6.92. The van der Waals surface area contributed by atoms with Crippen LogP contribution in [-0.4, -0.2) is 19.6 Å². The Morgan fingerprint density at radius 3 is 2.67 bits per heavy atom. The number of aryl methyl sites for hydroxylation is 2. The van der Waals surface area contributed by atoms with Crippen molar-refractivity contribution in [1.29, 1.82) is 0 Å². The van der Waals surface area contributed by atoms with E-state index in [0.717, 1.165) is 31.7 Å². The van der Waals surface area contributed by atoms with Crippen LogP contribution in [0.5, 0.6) is 0 Å². The van der Waals surface area contributed by atoms with Crippen LogP contribution in [0.1, 0.15) is 50.1 Å². The first-order valence-corrected chi connectivity index (χ1v) is 7.35. The summed E-state index contributed by atoms with van der Waals surface area (Å²) >= 11 is 0. The number of nitrogens with one attached hydrogen (secondary N) is 1. The number of aromatic nitrogens is 4. The van der Waals surface area contributed by atoms with Crippen LogP contribution in [0.15, 0.2) is 18.5 Å². The van der Waals surface area contributed by atoms with Crippen molar-refractivity contribution in [2.24, 2.45) is 7.05 Å². The molecule has 0 aliphatic heterocycles. The van der Waals surface area contributed by atoms with Crippen LogP contribution in [0.3, 0.4) is 0 Å². The lowest BCUT2D eigenvalue weighted by Crippen LogP contribution is -2.14. The molecule has 0 aliphatic carbocycles. The molecule has 0 saturated carbocycles. The summed E-state index contributed by atoms with van der Waals surface area (Å²) < 4.78 is 3.96. The Morgan fingerprint density at radius 2 is 2.05 bits per heavy atom. The predicted molar refractivity (Wildman–Crippen MR) is 87.6 cm³/mol. The summed E-state index contributed by atoms with van der Waals surface area (Å²) in [4.78, 5) is 0. The second-order valence-corrected chi connectivity index (χ2v) is 5.55. The van der Waals surface area contributed by atoms with E-state index >= 15 is 0 Å². The fraction of sp³-hybridized carbons (Fsp3) is 0.600. The number of halogens is 1. The molecule has 0 atom stereocenters. The molecule has 2 aromatic rings. The van der Waals surface area contributed by atoms with Crippen LogP contribution in [0.4, 0.5) is 0 Å². The van der Waals surface area contributed by atoms with E-state index in [9.17, 15) is 0 Å². The van der Waals surface area contributed by atoms with Gasteiger partial charge >= 0.3 is 0 Å². The second kappa shape index (κ2) is 8.20. The Bertz CT molecular complexity index is 544. The number of nitrogens with zero attached hydrogens (tertiary/aromatic N) is 4. The lowest BCUT2D eigenvalue weighted by atomic mass is 10.1. The molecule has 2 heterocycles.